The van der Waals surface area contributed by atoms with Crippen LogP contribution >= 0.6 is 0 Å². The van der Waals surface area contributed by atoms with Gasteiger partial charge in [-0.15, -0.1) is 0 Å². The third kappa shape index (κ3) is 3.90. The number of nitrogens with zero attached hydrogens (tertiary/aromatic N) is 1. The highest BCUT2D eigenvalue weighted by atomic mass is 16.5. The maximum atomic E-state index is 12.1. The molecule has 0 saturated carbocycles. The molecule has 1 fully saturated rings. The Kier molecular flexibility index (Phi) is 5.49. The SMILES string of the molecule is CNc1cccc(C(=O)NC[C@@H]2COC[C@@H](OC)[C@H]2O)n1. The number of anilines is 1. The summed E-state index contributed by atoms with van der Waals surface area (Å²) in [6.45, 7) is 1.07. The molecule has 1 aromatic heterocycles. The second-order valence-corrected chi connectivity index (χ2v) is 4.93. The summed E-state index contributed by atoms with van der Waals surface area (Å²) in [7, 11) is 3.27. The zero-order chi connectivity index (χ0) is 15.2. The number of hydrogen-bond acceptors (Lipinski definition) is 6. The van der Waals surface area contributed by atoms with Crippen molar-refractivity contribution in [1.82, 2.24) is 10.3 Å². The Morgan fingerprint density at radius 1 is 1.52 bits per heavy atom. The van der Waals surface area contributed by atoms with E-state index in [4.69, 9.17) is 9.47 Å². The zero-order valence-corrected chi connectivity index (χ0v) is 12.2. The van der Waals surface area contributed by atoms with E-state index in [2.05, 4.69) is 15.6 Å². The lowest BCUT2D eigenvalue weighted by Gasteiger charge is -2.33. The van der Waals surface area contributed by atoms with Crippen molar-refractivity contribution in [1.29, 1.82) is 0 Å². The number of aliphatic hydroxyl groups is 1. The van der Waals surface area contributed by atoms with Gasteiger partial charge in [0.15, 0.2) is 0 Å². The minimum Gasteiger partial charge on any atom is -0.390 e. The first-order chi connectivity index (χ1) is 10.2. The Balaban J connectivity index is 1.91. The quantitative estimate of drug-likeness (QED) is 0.701. The van der Waals surface area contributed by atoms with Gasteiger partial charge in [-0.2, -0.15) is 0 Å². The fourth-order valence-corrected chi connectivity index (χ4v) is 2.24. The molecule has 0 radical (unpaired) electrons. The summed E-state index contributed by atoms with van der Waals surface area (Å²) in [6, 6.07) is 5.17. The molecule has 116 valence electrons. The summed E-state index contributed by atoms with van der Waals surface area (Å²) >= 11 is 0. The van der Waals surface area contributed by atoms with Crippen molar-refractivity contribution in [2.45, 2.75) is 12.2 Å². The molecule has 3 N–H and O–H groups in total. The number of ether oxygens (including phenoxy) is 2. The molecule has 21 heavy (non-hydrogen) atoms. The van der Waals surface area contributed by atoms with Crippen LogP contribution < -0.4 is 10.6 Å². The normalized spacial score (nSPS) is 25.4. The van der Waals surface area contributed by atoms with E-state index in [1.807, 2.05) is 0 Å². The van der Waals surface area contributed by atoms with Crippen LogP contribution in [-0.4, -0.2) is 62.1 Å². The van der Waals surface area contributed by atoms with Crippen molar-refractivity contribution in [3.8, 4) is 0 Å². The first-order valence-electron chi connectivity index (χ1n) is 6.87. The summed E-state index contributed by atoms with van der Waals surface area (Å²) in [5, 5.41) is 15.8. The van der Waals surface area contributed by atoms with Crippen LogP contribution in [0, 0.1) is 5.92 Å². The molecule has 1 aliphatic heterocycles. The molecule has 7 nitrogen and oxygen atoms in total. The molecule has 0 aromatic carbocycles. The minimum absolute atomic E-state index is 0.194. The molecule has 7 heteroatoms. The zero-order valence-electron chi connectivity index (χ0n) is 12.2. The average Bonchev–Trinajstić information content (AvgIpc) is 2.53. The van der Waals surface area contributed by atoms with E-state index in [0.29, 0.717) is 31.3 Å². The number of aromatic nitrogens is 1. The number of carbonyl (C=O) groups excluding carboxylic acids is 1. The summed E-state index contributed by atoms with van der Waals surface area (Å²) in [4.78, 5) is 16.2. The molecule has 0 aliphatic carbocycles. The molecule has 1 aliphatic rings. The van der Waals surface area contributed by atoms with Crippen molar-refractivity contribution in [3.63, 3.8) is 0 Å². The highest BCUT2D eigenvalue weighted by Crippen LogP contribution is 2.17. The maximum absolute atomic E-state index is 12.1. The highest BCUT2D eigenvalue weighted by Gasteiger charge is 2.32. The van der Waals surface area contributed by atoms with Gasteiger partial charge in [0, 0.05) is 26.6 Å². The van der Waals surface area contributed by atoms with Gasteiger partial charge in [-0.05, 0) is 12.1 Å². The average molecular weight is 295 g/mol. The Bertz CT molecular complexity index is 483. The predicted molar refractivity (Wildman–Crippen MR) is 77.2 cm³/mol. The molecule has 0 unspecified atom stereocenters. The summed E-state index contributed by atoms with van der Waals surface area (Å²) in [5.41, 5.74) is 0.330. The van der Waals surface area contributed by atoms with E-state index >= 15 is 0 Å². The van der Waals surface area contributed by atoms with Crippen molar-refractivity contribution in [2.24, 2.45) is 5.92 Å². The van der Waals surface area contributed by atoms with E-state index in [0.717, 1.165) is 0 Å². The second kappa shape index (κ2) is 7.35. The van der Waals surface area contributed by atoms with Crippen LogP contribution in [0.5, 0.6) is 0 Å². The lowest BCUT2D eigenvalue weighted by Crippen LogP contribution is -2.49. The molecule has 0 spiro atoms. The van der Waals surface area contributed by atoms with Gasteiger partial charge in [0.25, 0.3) is 5.91 Å². The largest absolute Gasteiger partial charge is 0.390 e. The number of amides is 1. The number of hydrogen-bond donors (Lipinski definition) is 3. The van der Waals surface area contributed by atoms with Crippen LogP contribution in [0.15, 0.2) is 18.2 Å². The Morgan fingerprint density at radius 3 is 3.05 bits per heavy atom. The van der Waals surface area contributed by atoms with Gasteiger partial charge in [0.1, 0.15) is 17.6 Å². The number of methoxy groups -OCH3 is 1. The van der Waals surface area contributed by atoms with E-state index in [9.17, 15) is 9.90 Å². The molecule has 1 amide bonds. The molecule has 3 atom stereocenters. The van der Waals surface area contributed by atoms with Crippen LogP contribution in [0.25, 0.3) is 0 Å². The van der Waals surface area contributed by atoms with E-state index in [1.54, 1.807) is 25.2 Å². The molecular weight excluding hydrogens is 274 g/mol. The third-order valence-corrected chi connectivity index (χ3v) is 3.54. The molecular formula is C14H21N3O4. The van der Waals surface area contributed by atoms with Crippen molar-refractivity contribution in [3.05, 3.63) is 23.9 Å². The first kappa shape index (κ1) is 15.7. The number of pyridine rings is 1. The Hall–Kier alpha value is -1.70. The number of rotatable bonds is 5. The molecule has 2 rings (SSSR count). The topological polar surface area (TPSA) is 92.7 Å². The predicted octanol–water partition coefficient (Wildman–Crippen LogP) is -0.125. The van der Waals surface area contributed by atoms with E-state index in [1.165, 1.54) is 7.11 Å². The van der Waals surface area contributed by atoms with E-state index in [-0.39, 0.29) is 17.9 Å². The lowest BCUT2D eigenvalue weighted by molar-refractivity contribution is -0.132. The number of aliphatic hydroxyl groups excluding tert-OH is 1. The summed E-state index contributed by atoms with van der Waals surface area (Å²) in [5.74, 6) is 0.155. The molecule has 0 bridgehead atoms. The monoisotopic (exact) mass is 295 g/mol. The van der Waals surface area contributed by atoms with Gasteiger partial charge in [0.2, 0.25) is 0 Å². The van der Waals surface area contributed by atoms with Gasteiger partial charge in [-0.3, -0.25) is 4.79 Å². The summed E-state index contributed by atoms with van der Waals surface area (Å²) < 4.78 is 10.5. The Morgan fingerprint density at radius 2 is 2.33 bits per heavy atom. The fraction of sp³-hybridized carbons (Fsp3) is 0.571. The van der Waals surface area contributed by atoms with Crippen LogP contribution in [-0.2, 0) is 9.47 Å². The van der Waals surface area contributed by atoms with Crippen molar-refractivity contribution >= 4 is 11.7 Å². The van der Waals surface area contributed by atoms with Gasteiger partial charge >= 0.3 is 0 Å². The third-order valence-electron chi connectivity index (χ3n) is 3.54. The Labute approximate surface area is 123 Å². The minimum atomic E-state index is -0.652. The van der Waals surface area contributed by atoms with Gasteiger partial charge in [0.05, 0.1) is 19.3 Å². The molecule has 2 heterocycles. The number of carbonyl (C=O) groups is 1. The molecule has 1 saturated heterocycles. The van der Waals surface area contributed by atoms with Gasteiger partial charge in [-0.1, -0.05) is 6.07 Å². The molecule has 1 aromatic rings. The highest BCUT2D eigenvalue weighted by molar-refractivity contribution is 5.92. The number of nitrogens with one attached hydrogen (secondary N) is 2. The van der Waals surface area contributed by atoms with Crippen LogP contribution in [0.1, 0.15) is 10.5 Å². The fourth-order valence-electron chi connectivity index (χ4n) is 2.24. The van der Waals surface area contributed by atoms with Crippen LogP contribution in [0.3, 0.4) is 0 Å². The maximum Gasteiger partial charge on any atom is 0.269 e. The smallest absolute Gasteiger partial charge is 0.269 e. The van der Waals surface area contributed by atoms with Crippen molar-refractivity contribution in [2.75, 3.05) is 39.2 Å². The van der Waals surface area contributed by atoms with Crippen LogP contribution in [0.4, 0.5) is 5.82 Å². The van der Waals surface area contributed by atoms with Gasteiger partial charge < -0.3 is 25.2 Å². The van der Waals surface area contributed by atoms with Gasteiger partial charge in [-0.25, -0.2) is 4.98 Å². The summed E-state index contributed by atoms with van der Waals surface area (Å²) in [6.07, 6.45) is -1.01. The standard InChI is InChI=1S/C14H21N3O4/c1-15-12-5-3-4-10(17-12)14(19)16-6-9-7-21-8-11(20-2)13(9)18/h3-5,9,11,13,18H,6-8H2,1-2H3,(H,15,17)(H,16,19)/t9-,11-,13+/m1/s1. The van der Waals surface area contributed by atoms with Crippen LogP contribution in [0.2, 0.25) is 0 Å². The van der Waals surface area contributed by atoms with E-state index < -0.39 is 6.10 Å². The lowest BCUT2D eigenvalue weighted by atomic mass is 9.96. The first-order valence-corrected chi connectivity index (χ1v) is 6.87. The van der Waals surface area contributed by atoms with Crippen molar-refractivity contribution < 1.29 is 19.4 Å². The second-order valence-electron chi connectivity index (χ2n) is 4.93.